The van der Waals surface area contributed by atoms with Gasteiger partial charge in [0.15, 0.2) is 0 Å². The Bertz CT molecular complexity index is 818. The average Bonchev–Trinajstić information content (AvgIpc) is 2.80. The molecule has 26 heavy (non-hydrogen) atoms. The Labute approximate surface area is 162 Å². The van der Waals surface area contributed by atoms with Gasteiger partial charge >= 0.3 is 0 Å². The molecule has 0 unspecified atom stereocenters. The van der Waals surface area contributed by atoms with E-state index in [0.717, 1.165) is 41.7 Å². The summed E-state index contributed by atoms with van der Waals surface area (Å²) in [6.45, 7) is 3.10. The number of pyridine rings is 1. The second-order valence-electron chi connectivity index (χ2n) is 7.25. The van der Waals surface area contributed by atoms with Gasteiger partial charge in [-0.25, -0.2) is 0 Å². The predicted molar refractivity (Wildman–Crippen MR) is 103 cm³/mol. The minimum Gasteiger partial charge on any atom is -0.485 e. The van der Waals surface area contributed by atoms with Crippen molar-refractivity contribution in [3.05, 3.63) is 58.3 Å². The molecule has 0 aliphatic carbocycles. The van der Waals surface area contributed by atoms with Crippen LogP contribution in [0.3, 0.4) is 0 Å². The number of para-hydroxylation sites is 1. The lowest BCUT2D eigenvalue weighted by atomic mass is 9.90. The Hall–Kier alpha value is -1.92. The highest BCUT2D eigenvalue weighted by Gasteiger charge is 2.41. The molecule has 1 aromatic heterocycles. The number of nitrogens with zero attached hydrogens (tertiary/aromatic N) is 3. The predicted octanol–water partition coefficient (Wildman–Crippen LogP) is 3.34. The maximum atomic E-state index is 13.2. The van der Waals surface area contributed by atoms with Crippen molar-refractivity contribution in [2.24, 2.45) is 0 Å². The molecule has 6 heteroatoms. The first-order valence-corrected chi connectivity index (χ1v) is 9.69. The number of likely N-dealkylation sites (tertiary alicyclic amines) is 1. The molecular weight excluding hydrogens is 394 g/mol. The maximum Gasteiger partial charge on any atom is 0.255 e. The minimum absolute atomic E-state index is 0.00240. The quantitative estimate of drug-likeness (QED) is 0.716. The van der Waals surface area contributed by atoms with Gasteiger partial charge in [-0.1, -0.05) is 18.2 Å². The molecule has 0 radical (unpaired) electrons. The smallest absolute Gasteiger partial charge is 0.255 e. The zero-order valence-electron chi connectivity index (χ0n) is 14.8. The van der Waals surface area contributed by atoms with E-state index in [0.29, 0.717) is 18.7 Å². The number of benzene rings is 1. The molecule has 0 saturated carbocycles. The molecule has 2 aliphatic heterocycles. The molecule has 5 nitrogen and oxygen atoms in total. The second-order valence-corrected chi connectivity index (χ2v) is 8.16. The first kappa shape index (κ1) is 17.5. The van der Waals surface area contributed by atoms with Crippen LogP contribution in [0, 0.1) is 0 Å². The zero-order chi connectivity index (χ0) is 18.1. The highest BCUT2D eigenvalue weighted by Crippen LogP contribution is 2.35. The summed E-state index contributed by atoms with van der Waals surface area (Å²) in [6.07, 6.45) is 5.15. The number of hydrogen-bond donors (Lipinski definition) is 0. The van der Waals surface area contributed by atoms with E-state index in [1.807, 2.05) is 35.2 Å². The summed E-state index contributed by atoms with van der Waals surface area (Å²) in [5.41, 5.74) is 1.33. The van der Waals surface area contributed by atoms with Gasteiger partial charge in [0.25, 0.3) is 5.91 Å². The highest BCUT2D eigenvalue weighted by atomic mass is 79.9. The first-order chi connectivity index (χ1) is 12.5. The van der Waals surface area contributed by atoms with E-state index in [1.54, 1.807) is 12.4 Å². The normalized spacial score (nSPS) is 19.5. The molecule has 1 amide bonds. The Morgan fingerprint density at radius 2 is 2.00 bits per heavy atom. The number of halogens is 1. The van der Waals surface area contributed by atoms with Crippen LogP contribution in [0.2, 0.25) is 0 Å². The molecule has 136 valence electrons. The van der Waals surface area contributed by atoms with Gasteiger partial charge in [-0.3, -0.25) is 9.78 Å². The van der Waals surface area contributed by atoms with Gasteiger partial charge in [-0.05, 0) is 35.1 Å². The van der Waals surface area contributed by atoms with Crippen molar-refractivity contribution >= 4 is 21.8 Å². The van der Waals surface area contributed by atoms with E-state index in [1.165, 1.54) is 0 Å². The third-order valence-electron chi connectivity index (χ3n) is 5.28. The van der Waals surface area contributed by atoms with E-state index < -0.39 is 0 Å². The number of aromatic nitrogens is 1. The Balaban J connectivity index is 1.69. The Morgan fingerprint density at radius 3 is 2.77 bits per heavy atom. The Kier molecular flexibility index (Phi) is 4.71. The monoisotopic (exact) mass is 415 g/mol. The lowest BCUT2D eigenvalue weighted by Crippen LogP contribution is -2.53. The fraction of sp³-hybridized carbons (Fsp3) is 0.400. The van der Waals surface area contributed by atoms with Gasteiger partial charge in [0.05, 0.1) is 12.1 Å². The summed E-state index contributed by atoms with van der Waals surface area (Å²) < 4.78 is 7.34. The Morgan fingerprint density at radius 1 is 1.23 bits per heavy atom. The van der Waals surface area contributed by atoms with Crippen LogP contribution >= 0.6 is 15.9 Å². The molecule has 0 N–H and O–H groups in total. The van der Waals surface area contributed by atoms with Gasteiger partial charge in [0.1, 0.15) is 11.4 Å². The fourth-order valence-corrected chi connectivity index (χ4v) is 4.11. The molecule has 1 aromatic carbocycles. The third-order valence-corrected chi connectivity index (χ3v) is 5.71. The van der Waals surface area contributed by atoms with E-state index in [9.17, 15) is 4.79 Å². The summed E-state index contributed by atoms with van der Waals surface area (Å²) in [5.74, 6) is 0.900. The molecule has 2 aromatic rings. The molecular formula is C20H22BrN3O2. The second kappa shape index (κ2) is 7.00. The van der Waals surface area contributed by atoms with Crippen LogP contribution in [0.15, 0.2) is 47.2 Å². The van der Waals surface area contributed by atoms with Gasteiger partial charge < -0.3 is 14.5 Å². The molecule has 1 spiro atoms. The van der Waals surface area contributed by atoms with Crippen molar-refractivity contribution in [2.45, 2.75) is 25.0 Å². The van der Waals surface area contributed by atoms with Crippen molar-refractivity contribution in [3.63, 3.8) is 0 Å². The van der Waals surface area contributed by atoms with Crippen LogP contribution in [-0.2, 0) is 6.54 Å². The molecule has 3 heterocycles. The van der Waals surface area contributed by atoms with Gasteiger partial charge in [0.2, 0.25) is 0 Å². The summed E-state index contributed by atoms with van der Waals surface area (Å²) in [6, 6.07) is 9.89. The summed E-state index contributed by atoms with van der Waals surface area (Å²) in [5, 5.41) is 0. The molecule has 0 bridgehead atoms. The molecule has 2 aliphatic rings. The molecule has 1 fully saturated rings. The van der Waals surface area contributed by atoms with Crippen molar-refractivity contribution in [1.82, 2.24) is 14.8 Å². The van der Waals surface area contributed by atoms with Crippen molar-refractivity contribution in [3.8, 4) is 5.75 Å². The van der Waals surface area contributed by atoms with Crippen molar-refractivity contribution in [2.75, 3.05) is 26.7 Å². The van der Waals surface area contributed by atoms with Crippen LogP contribution in [0.4, 0.5) is 0 Å². The highest BCUT2D eigenvalue weighted by molar-refractivity contribution is 9.10. The van der Waals surface area contributed by atoms with E-state index in [4.69, 9.17) is 4.74 Å². The van der Waals surface area contributed by atoms with Crippen LogP contribution < -0.4 is 4.74 Å². The number of hydrogen-bond acceptors (Lipinski definition) is 4. The summed E-state index contributed by atoms with van der Waals surface area (Å²) in [4.78, 5) is 21.6. The number of piperidine rings is 1. The van der Waals surface area contributed by atoms with E-state index in [-0.39, 0.29) is 11.5 Å². The van der Waals surface area contributed by atoms with Crippen LogP contribution in [0.5, 0.6) is 5.75 Å². The molecule has 0 atom stereocenters. The lowest BCUT2D eigenvalue weighted by Gasteiger charge is -2.41. The number of ether oxygens (including phenoxy) is 1. The average molecular weight is 416 g/mol. The van der Waals surface area contributed by atoms with Crippen molar-refractivity contribution in [1.29, 1.82) is 0 Å². The SMILES string of the molecule is CN1CCC2(CC1)CN(C(=O)c1cncc(Br)c1)Cc1ccccc1O2. The maximum absolute atomic E-state index is 13.2. The minimum atomic E-state index is -0.325. The number of rotatable bonds is 1. The third kappa shape index (κ3) is 3.48. The first-order valence-electron chi connectivity index (χ1n) is 8.90. The summed E-state index contributed by atoms with van der Waals surface area (Å²) in [7, 11) is 2.13. The number of carbonyl (C=O) groups is 1. The molecule has 1 saturated heterocycles. The number of fused-ring (bicyclic) bond motifs is 1. The summed E-state index contributed by atoms with van der Waals surface area (Å²) >= 11 is 3.41. The van der Waals surface area contributed by atoms with Crippen LogP contribution in [0.25, 0.3) is 0 Å². The van der Waals surface area contributed by atoms with Crippen LogP contribution in [0.1, 0.15) is 28.8 Å². The molecule has 4 rings (SSSR count). The topological polar surface area (TPSA) is 45.7 Å². The van der Waals surface area contributed by atoms with Gasteiger partial charge in [0, 0.05) is 54.9 Å². The van der Waals surface area contributed by atoms with Crippen molar-refractivity contribution < 1.29 is 9.53 Å². The lowest BCUT2D eigenvalue weighted by molar-refractivity contribution is -0.0103. The number of carbonyl (C=O) groups excluding carboxylic acids is 1. The van der Waals surface area contributed by atoms with Gasteiger partial charge in [-0.2, -0.15) is 0 Å². The zero-order valence-corrected chi connectivity index (χ0v) is 16.4. The van der Waals surface area contributed by atoms with E-state index >= 15 is 0 Å². The fourth-order valence-electron chi connectivity index (χ4n) is 3.75. The van der Waals surface area contributed by atoms with Gasteiger partial charge in [-0.15, -0.1) is 0 Å². The van der Waals surface area contributed by atoms with E-state index in [2.05, 4.69) is 32.9 Å². The van der Waals surface area contributed by atoms with Crippen LogP contribution in [-0.4, -0.2) is 53.0 Å². The largest absolute Gasteiger partial charge is 0.485 e. The number of amides is 1. The standard InChI is InChI=1S/C20H22BrN3O2/c1-23-8-6-20(7-9-23)14-24(13-15-4-2-3-5-18(15)26-20)19(25)16-10-17(21)12-22-11-16/h2-5,10-12H,6-9,13-14H2,1H3.